The standard InChI is InChI=1S/C8H7ClINOS/c9-5-1-2-7(6(10)3-5)11-8(12)4-13/h1-3,13H,4H2,(H,11,12). The first-order chi connectivity index (χ1) is 6.13. The van der Waals surface area contributed by atoms with Crippen LogP contribution < -0.4 is 5.32 Å². The van der Waals surface area contributed by atoms with Gasteiger partial charge in [0.1, 0.15) is 0 Å². The first-order valence-corrected chi connectivity index (χ1v) is 5.58. The van der Waals surface area contributed by atoms with E-state index in [1.165, 1.54) is 0 Å². The summed E-state index contributed by atoms with van der Waals surface area (Å²) < 4.78 is 0.917. The van der Waals surface area contributed by atoms with Crippen LogP contribution in [0.5, 0.6) is 0 Å². The summed E-state index contributed by atoms with van der Waals surface area (Å²) in [6.45, 7) is 0. The molecule has 0 aliphatic carbocycles. The number of nitrogens with one attached hydrogen (secondary N) is 1. The molecule has 1 amide bonds. The second-order valence-corrected chi connectivity index (χ2v) is 4.25. The number of carbonyl (C=O) groups is 1. The van der Waals surface area contributed by atoms with Crippen LogP contribution >= 0.6 is 46.8 Å². The van der Waals surface area contributed by atoms with Crippen molar-refractivity contribution in [2.24, 2.45) is 0 Å². The molecule has 1 aromatic carbocycles. The Labute approximate surface area is 101 Å². The Morgan fingerprint density at radius 3 is 2.85 bits per heavy atom. The maximum Gasteiger partial charge on any atom is 0.234 e. The summed E-state index contributed by atoms with van der Waals surface area (Å²) in [5.74, 6) is 0.0576. The second-order valence-electron chi connectivity index (χ2n) is 2.33. The smallest absolute Gasteiger partial charge is 0.234 e. The molecule has 5 heteroatoms. The van der Waals surface area contributed by atoms with Crippen molar-refractivity contribution in [2.75, 3.05) is 11.1 Å². The van der Waals surface area contributed by atoms with Gasteiger partial charge in [-0.05, 0) is 40.8 Å². The molecule has 0 unspecified atom stereocenters. The lowest BCUT2D eigenvalue weighted by molar-refractivity contribution is -0.113. The molecule has 13 heavy (non-hydrogen) atoms. The number of carbonyl (C=O) groups excluding carboxylic acids is 1. The summed E-state index contributed by atoms with van der Waals surface area (Å²) in [5, 5.41) is 3.37. The van der Waals surface area contributed by atoms with E-state index in [0.717, 1.165) is 9.26 Å². The van der Waals surface area contributed by atoms with E-state index in [2.05, 4.69) is 40.5 Å². The van der Waals surface area contributed by atoms with Gasteiger partial charge in [0.15, 0.2) is 0 Å². The normalized spacial score (nSPS) is 9.77. The van der Waals surface area contributed by atoms with Gasteiger partial charge in [-0.25, -0.2) is 0 Å². The fraction of sp³-hybridized carbons (Fsp3) is 0.125. The molecule has 0 saturated carbocycles. The van der Waals surface area contributed by atoms with E-state index in [4.69, 9.17) is 11.6 Å². The Bertz CT molecular complexity index is 332. The third kappa shape index (κ3) is 3.36. The van der Waals surface area contributed by atoms with E-state index in [0.29, 0.717) is 5.02 Å². The molecule has 0 aliphatic heterocycles. The molecular weight excluding hydrogens is 321 g/mol. The van der Waals surface area contributed by atoms with Crippen molar-refractivity contribution in [3.63, 3.8) is 0 Å². The monoisotopic (exact) mass is 327 g/mol. The Morgan fingerprint density at radius 1 is 1.62 bits per heavy atom. The fourth-order valence-corrected chi connectivity index (χ4v) is 1.87. The van der Waals surface area contributed by atoms with Gasteiger partial charge in [-0.3, -0.25) is 4.79 Å². The zero-order valence-corrected chi connectivity index (χ0v) is 10.4. The number of benzene rings is 1. The van der Waals surface area contributed by atoms with Crippen LogP contribution in [-0.4, -0.2) is 11.7 Å². The van der Waals surface area contributed by atoms with E-state index < -0.39 is 0 Å². The lowest BCUT2D eigenvalue weighted by Crippen LogP contribution is -2.13. The molecule has 0 radical (unpaired) electrons. The van der Waals surface area contributed by atoms with Crippen LogP contribution in [0.25, 0.3) is 0 Å². The zero-order valence-electron chi connectivity index (χ0n) is 6.55. The number of hydrogen-bond donors (Lipinski definition) is 2. The third-order valence-corrected chi connectivity index (χ3v) is 2.76. The molecule has 0 aromatic heterocycles. The average molecular weight is 328 g/mol. The lowest BCUT2D eigenvalue weighted by atomic mass is 10.3. The van der Waals surface area contributed by atoms with Crippen LogP contribution in [0.1, 0.15) is 0 Å². The average Bonchev–Trinajstić information content (AvgIpc) is 2.09. The minimum atomic E-state index is -0.122. The van der Waals surface area contributed by atoms with Crippen molar-refractivity contribution in [3.8, 4) is 0 Å². The molecule has 0 bridgehead atoms. The van der Waals surface area contributed by atoms with Crippen molar-refractivity contribution >= 4 is 58.4 Å². The second kappa shape index (κ2) is 5.07. The molecule has 0 fully saturated rings. The summed E-state index contributed by atoms with van der Waals surface area (Å²) in [7, 11) is 0. The third-order valence-electron chi connectivity index (χ3n) is 1.35. The minimum Gasteiger partial charge on any atom is -0.324 e. The quantitative estimate of drug-likeness (QED) is 0.635. The molecular formula is C8H7ClINOS. The number of hydrogen-bond acceptors (Lipinski definition) is 2. The molecule has 0 saturated heterocycles. The van der Waals surface area contributed by atoms with Crippen molar-refractivity contribution in [3.05, 3.63) is 26.8 Å². The molecule has 1 aromatic rings. The van der Waals surface area contributed by atoms with Gasteiger partial charge in [-0.2, -0.15) is 12.6 Å². The van der Waals surface area contributed by atoms with Crippen molar-refractivity contribution < 1.29 is 4.79 Å². The fourth-order valence-electron chi connectivity index (χ4n) is 0.781. The molecule has 0 heterocycles. The van der Waals surface area contributed by atoms with Gasteiger partial charge < -0.3 is 5.32 Å². The number of rotatable bonds is 2. The number of amides is 1. The number of anilines is 1. The SMILES string of the molecule is O=C(CS)Nc1ccc(Cl)cc1I. The van der Waals surface area contributed by atoms with Crippen molar-refractivity contribution in [2.45, 2.75) is 0 Å². The lowest BCUT2D eigenvalue weighted by Gasteiger charge is -2.05. The van der Waals surface area contributed by atoms with E-state index in [9.17, 15) is 4.79 Å². The van der Waals surface area contributed by atoms with Gasteiger partial charge in [-0.1, -0.05) is 11.6 Å². The van der Waals surface area contributed by atoms with Crippen LogP contribution in [0.4, 0.5) is 5.69 Å². The van der Waals surface area contributed by atoms with Crippen molar-refractivity contribution in [1.82, 2.24) is 0 Å². The molecule has 1 N–H and O–H groups in total. The summed E-state index contributed by atoms with van der Waals surface area (Å²) in [4.78, 5) is 11.0. The van der Waals surface area contributed by atoms with E-state index in [1.807, 2.05) is 0 Å². The minimum absolute atomic E-state index is 0.122. The first-order valence-electron chi connectivity index (χ1n) is 3.49. The summed E-state index contributed by atoms with van der Waals surface area (Å²) in [5.41, 5.74) is 0.768. The van der Waals surface area contributed by atoms with Gasteiger partial charge in [0.05, 0.1) is 11.4 Å². The van der Waals surface area contributed by atoms with Gasteiger partial charge in [0, 0.05) is 8.59 Å². The highest BCUT2D eigenvalue weighted by molar-refractivity contribution is 14.1. The Hall–Kier alpha value is 0.0600. The highest BCUT2D eigenvalue weighted by Crippen LogP contribution is 2.22. The van der Waals surface area contributed by atoms with E-state index in [1.54, 1.807) is 18.2 Å². The maximum absolute atomic E-state index is 11.0. The van der Waals surface area contributed by atoms with Crippen LogP contribution in [-0.2, 0) is 4.79 Å². The summed E-state index contributed by atoms with van der Waals surface area (Å²) in [6, 6.07) is 5.29. The van der Waals surface area contributed by atoms with Gasteiger partial charge in [-0.15, -0.1) is 0 Å². The predicted octanol–water partition coefficient (Wildman–Crippen LogP) is 2.81. The molecule has 0 aliphatic rings. The summed E-state index contributed by atoms with van der Waals surface area (Å²) in [6.07, 6.45) is 0. The number of halogens is 2. The molecule has 0 spiro atoms. The Kier molecular flexibility index (Phi) is 4.34. The highest BCUT2D eigenvalue weighted by atomic mass is 127. The van der Waals surface area contributed by atoms with Gasteiger partial charge >= 0.3 is 0 Å². The molecule has 0 atom stereocenters. The zero-order chi connectivity index (χ0) is 9.84. The van der Waals surface area contributed by atoms with E-state index in [-0.39, 0.29) is 11.7 Å². The summed E-state index contributed by atoms with van der Waals surface area (Å²) >= 11 is 11.7. The molecule has 2 nitrogen and oxygen atoms in total. The van der Waals surface area contributed by atoms with Crippen molar-refractivity contribution in [1.29, 1.82) is 0 Å². The van der Waals surface area contributed by atoms with Crippen LogP contribution in [0.15, 0.2) is 18.2 Å². The van der Waals surface area contributed by atoms with Crippen LogP contribution in [0.2, 0.25) is 5.02 Å². The predicted molar refractivity (Wildman–Crippen MR) is 66.7 cm³/mol. The van der Waals surface area contributed by atoms with Crippen LogP contribution in [0.3, 0.4) is 0 Å². The Morgan fingerprint density at radius 2 is 2.31 bits per heavy atom. The maximum atomic E-state index is 11.0. The van der Waals surface area contributed by atoms with Crippen LogP contribution in [0, 0.1) is 3.57 Å². The Balaban J connectivity index is 2.83. The topological polar surface area (TPSA) is 29.1 Å². The van der Waals surface area contributed by atoms with E-state index >= 15 is 0 Å². The highest BCUT2D eigenvalue weighted by Gasteiger charge is 2.03. The van der Waals surface area contributed by atoms with Gasteiger partial charge in [0.2, 0.25) is 5.91 Å². The molecule has 1 rings (SSSR count). The largest absolute Gasteiger partial charge is 0.324 e. The molecule has 70 valence electrons. The first kappa shape index (κ1) is 11.1. The number of thiol groups is 1. The van der Waals surface area contributed by atoms with Gasteiger partial charge in [0.25, 0.3) is 0 Å².